The first-order chi connectivity index (χ1) is 21.9. The number of rotatable bonds is 20. The van der Waals surface area contributed by atoms with Gasteiger partial charge >= 0.3 is 29.4 Å². The molecule has 2 aliphatic heterocycles. The fourth-order valence-corrected chi connectivity index (χ4v) is 7.75. The van der Waals surface area contributed by atoms with E-state index in [2.05, 4.69) is 38.1 Å². The number of nitrogens with two attached hydrogens (primary N) is 1. The second-order valence-corrected chi connectivity index (χ2v) is 17.4. The summed E-state index contributed by atoms with van der Waals surface area (Å²) < 4.78 is 69.0. The molecule has 0 radical (unpaired) electrons. The summed E-state index contributed by atoms with van der Waals surface area (Å²) in [6.07, 6.45) is 0.113. The van der Waals surface area contributed by atoms with E-state index in [-0.39, 0.29) is 43.2 Å². The molecule has 24 heteroatoms. The predicted octanol–water partition coefficient (Wildman–Crippen LogP) is 1.38. The van der Waals surface area contributed by atoms with Gasteiger partial charge in [-0.05, 0) is 35.9 Å². The molecule has 0 spiro atoms. The number of dihydropyridines is 1. The molecule has 1 fully saturated rings. The van der Waals surface area contributed by atoms with Gasteiger partial charge in [-0.2, -0.15) is 26.2 Å². The number of amidine groups is 1. The van der Waals surface area contributed by atoms with Crippen molar-refractivity contribution in [2.24, 2.45) is 16.6 Å². The number of thiol groups is 1. The Balaban J connectivity index is 2.07. The third-order valence-corrected chi connectivity index (χ3v) is 12.1. The van der Waals surface area contributed by atoms with Gasteiger partial charge < -0.3 is 44.3 Å². The van der Waals surface area contributed by atoms with Crippen LogP contribution in [0.3, 0.4) is 0 Å². The molecule has 1 saturated heterocycles. The summed E-state index contributed by atoms with van der Waals surface area (Å²) in [5, 5.41) is 0. The minimum atomic E-state index is -5.73. The smallest absolute Gasteiger partial charge is 0.466 e. The van der Waals surface area contributed by atoms with Gasteiger partial charge in [0.25, 0.3) is 5.91 Å². The molecule has 268 valence electrons. The number of carbonyl (C=O) groups is 2. The number of amides is 1. The van der Waals surface area contributed by atoms with Gasteiger partial charge in [0.05, 0.1) is 55.2 Å². The van der Waals surface area contributed by atoms with Gasteiger partial charge in [-0.15, -0.1) is 0 Å². The van der Waals surface area contributed by atoms with Crippen LogP contribution >= 0.6 is 36.1 Å². The standard InChI is InChI=1S/C23H37N2O16P3S3/c1-2-47(46)15-37-19-12-18(39-20(19)13-38-43(31,32)41-44(33,34)40-42(28,29)30)17-11-16(22(24)25-23(17)27)7-3-4-8-21(26)36-10-6-5-9-35-14-45/h11,17-20,45H,2,4-6,8-10,12-15H2,1H3,(H,31,32)(H,33,34)(H2,24,25,27)(H2,28,29,30)/t17?,18-,19+,20-,47?/m1/s1. The molecule has 18 nitrogen and oxygen atoms in total. The average Bonchev–Trinajstić information content (AvgIpc) is 3.36. The van der Waals surface area contributed by atoms with Crippen LogP contribution in [0, 0.1) is 17.8 Å². The molecule has 2 heterocycles. The fourth-order valence-electron chi connectivity index (χ4n) is 3.93. The zero-order valence-corrected chi connectivity index (χ0v) is 30.2. The van der Waals surface area contributed by atoms with Crippen molar-refractivity contribution in [3.05, 3.63) is 11.6 Å². The summed E-state index contributed by atoms with van der Waals surface area (Å²) >= 11 is 9.22. The summed E-state index contributed by atoms with van der Waals surface area (Å²) in [5.74, 6) is 4.36. The Morgan fingerprint density at radius 1 is 1.19 bits per heavy atom. The van der Waals surface area contributed by atoms with Crippen molar-refractivity contribution in [1.29, 1.82) is 0 Å². The minimum Gasteiger partial charge on any atom is -0.466 e. The van der Waals surface area contributed by atoms with Crippen molar-refractivity contribution in [3.63, 3.8) is 0 Å². The normalized spacial score (nSPS) is 24.7. The molecule has 0 aromatic rings. The first-order valence-corrected chi connectivity index (χ1v) is 21.4. The number of phosphoric ester groups is 1. The number of hydrogen-bond acceptors (Lipinski definition) is 15. The summed E-state index contributed by atoms with van der Waals surface area (Å²) in [5.41, 5.74) is 6.11. The Morgan fingerprint density at radius 3 is 2.55 bits per heavy atom. The second-order valence-electron chi connectivity index (χ2n) is 9.60. The Kier molecular flexibility index (Phi) is 18.1. The molecule has 0 bridgehead atoms. The molecule has 47 heavy (non-hydrogen) atoms. The van der Waals surface area contributed by atoms with Crippen LogP contribution < -0.4 is 5.73 Å². The molecule has 0 aliphatic carbocycles. The zero-order valence-electron chi connectivity index (χ0n) is 25.0. The molecule has 0 aromatic heterocycles. The largest absolute Gasteiger partial charge is 0.490 e. The Bertz CT molecular complexity index is 1400. The summed E-state index contributed by atoms with van der Waals surface area (Å²) in [6.45, 7) is 1.83. The number of aliphatic imine (C=N–C) groups is 1. The lowest BCUT2D eigenvalue weighted by atomic mass is 9.93. The Hall–Kier alpha value is -0.880. The molecule has 0 saturated carbocycles. The van der Waals surface area contributed by atoms with E-state index in [1.54, 1.807) is 0 Å². The minimum absolute atomic E-state index is 0.0249. The molecule has 4 unspecified atom stereocenters. The van der Waals surface area contributed by atoms with Crippen LogP contribution in [-0.4, -0.2) is 93.0 Å². The van der Waals surface area contributed by atoms with Crippen LogP contribution in [0.15, 0.2) is 16.6 Å². The highest BCUT2D eigenvalue weighted by Gasteiger charge is 2.45. The van der Waals surface area contributed by atoms with Crippen LogP contribution in [-0.2, 0) is 76.0 Å². The Morgan fingerprint density at radius 2 is 1.89 bits per heavy atom. The third kappa shape index (κ3) is 16.6. The molecule has 2 rings (SSSR count). The maximum Gasteiger partial charge on any atom is 0.490 e. The maximum atomic E-state index is 12.8. The lowest BCUT2D eigenvalue weighted by molar-refractivity contribution is -0.143. The van der Waals surface area contributed by atoms with E-state index in [4.69, 9.17) is 50.2 Å². The van der Waals surface area contributed by atoms with Crippen LogP contribution in [0.2, 0.25) is 0 Å². The second kappa shape index (κ2) is 20.1. The highest BCUT2D eigenvalue weighted by molar-refractivity contribution is 8.28. The van der Waals surface area contributed by atoms with E-state index >= 15 is 0 Å². The highest BCUT2D eigenvalue weighted by atomic mass is 32.8. The van der Waals surface area contributed by atoms with E-state index < -0.39 is 75.6 Å². The van der Waals surface area contributed by atoms with Crippen molar-refractivity contribution in [2.45, 2.75) is 57.3 Å². The number of esters is 1. The summed E-state index contributed by atoms with van der Waals surface area (Å²) in [4.78, 5) is 65.3. The molecule has 0 aromatic carbocycles. The number of unbranched alkanes of at least 4 members (excludes halogenated alkanes) is 1. The monoisotopic (exact) mass is 786 g/mol. The SMILES string of the molecule is CCS(=S)CO[C@H]1C[C@H](C2C=C(C#CCCC(=O)OCCCCOCS)C(N)=NC2=O)O[C@@H]1COP(=O)(O)OP(=O)(O)OP(=O)(O)O. The molecule has 7 atom stereocenters. The molecule has 6 N–H and O–H groups in total. The molecular formula is C23H37N2O16P3S3. The van der Waals surface area contributed by atoms with E-state index in [1.165, 1.54) is 6.08 Å². The molecular weight excluding hydrogens is 749 g/mol. The first kappa shape index (κ1) is 42.3. The molecule has 1 amide bonds. The zero-order chi connectivity index (χ0) is 35.3. The predicted molar refractivity (Wildman–Crippen MR) is 173 cm³/mol. The summed E-state index contributed by atoms with van der Waals surface area (Å²) in [6, 6.07) is 0. The maximum absolute atomic E-state index is 12.8. The summed E-state index contributed by atoms with van der Waals surface area (Å²) in [7, 11) is -17.3. The fraction of sp³-hybridized carbons (Fsp3) is 0.696. The number of ether oxygens (including phenoxy) is 4. The van der Waals surface area contributed by atoms with E-state index in [0.717, 1.165) is 6.42 Å². The van der Waals surface area contributed by atoms with Gasteiger partial charge in [0.2, 0.25) is 0 Å². The number of phosphoric acid groups is 3. The highest BCUT2D eigenvalue weighted by Crippen LogP contribution is 2.66. The van der Waals surface area contributed by atoms with Crippen LogP contribution in [0.5, 0.6) is 0 Å². The average molecular weight is 787 g/mol. The van der Waals surface area contributed by atoms with Crippen LogP contribution in [0.4, 0.5) is 0 Å². The number of carbonyl (C=O) groups excluding carboxylic acids is 2. The Labute approximate surface area is 283 Å². The third-order valence-electron chi connectivity index (χ3n) is 6.04. The number of nitrogens with zero attached hydrogens (tertiary/aromatic N) is 1. The van der Waals surface area contributed by atoms with Crippen molar-refractivity contribution >= 4 is 74.5 Å². The van der Waals surface area contributed by atoms with Gasteiger partial charge in [0, 0.05) is 19.4 Å². The quantitative estimate of drug-likeness (QED) is 0.0254. The number of hydrogen-bond donors (Lipinski definition) is 6. The van der Waals surface area contributed by atoms with Crippen molar-refractivity contribution in [3.8, 4) is 11.8 Å². The van der Waals surface area contributed by atoms with Crippen LogP contribution in [0.25, 0.3) is 0 Å². The van der Waals surface area contributed by atoms with E-state index in [9.17, 15) is 33.1 Å². The van der Waals surface area contributed by atoms with Crippen molar-refractivity contribution in [1.82, 2.24) is 0 Å². The van der Waals surface area contributed by atoms with Gasteiger partial charge in [-0.1, -0.05) is 28.2 Å². The first-order valence-electron chi connectivity index (χ1n) is 13.8. The lowest BCUT2D eigenvalue weighted by Gasteiger charge is -2.22. The van der Waals surface area contributed by atoms with Gasteiger partial charge in [-0.3, -0.25) is 14.1 Å². The topological polar surface area (TPSA) is 269 Å². The molecule has 2 aliphatic rings. The van der Waals surface area contributed by atoms with Crippen molar-refractivity contribution < 1.29 is 75.0 Å². The van der Waals surface area contributed by atoms with Gasteiger partial charge in [0.15, 0.2) is 0 Å². The lowest BCUT2D eigenvalue weighted by Crippen LogP contribution is -2.33. The van der Waals surface area contributed by atoms with Gasteiger partial charge in [-0.25, -0.2) is 13.7 Å². The van der Waals surface area contributed by atoms with E-state index in [1.807, 2.05) is 6.92 Å². The van der Waals surface area contributed by atoms with Gasteiger partial charge in [0.1, 0.15) is 11.9 Å². The van der Waals surface area contributed by atoms with Crippen LogP contribution in [0.1, 0.15) is 39.0 Å². The van der Waals surface area contributed by atoms with E-state index in [0.29, 0.717) is 24.7 Å². The van der Waals surface area contributed by atoms with Crippen molar-refractivity contribution in [2.75, 3.05) is 37.5 Å².